The van der Waals surface area contributed by atoms with Crippen molar-refractivity contribution in [3.05, 3.63) is 40.9 Å². The van der Waals surface area contributed by atoms with Crippen molar-refractivity contribution >= 4 is 22.8 Å². The summed E-state index contributed by atoms with van der Waals surface area (Å²) in [5, 5.41) is 14.5. The second-order valence-corrected chi connectivity index (χ2v) is 7.68. The van der Waals surface area contributed by atoms with Crippen LogP contribution in [0.3, 0.4) is 0 Å². The van der Waals surface area contributed by atoms with Crippen LogP contribution in [0.25, 0.3) is 22.3 Å². The molecule has 0 aliphatic carbocycles. The first kappa shape index (κ1) is 25.1. The van der Waals surface area contributed by atoms with E-state index < -0.39 is 0 Å². The summed E-state index contributed by atoms with van der Waals surface area (Å²) in [5.41, 5.74) is 2.10. The molecular formula is C23H30N6O5. The van der Waals surface area contributed by atoms with Crippen LogP contribution >= 0.6 is 0 Å². The van der Waals surface area contributed by atoms with Crippen molar-refractivity contribution in [2.24, 2.45) is 0 Å². The number of nitrogens with zero attached hydrogens (tertiary/aromatic N) is 4. The molecule has 0 fully saturated rings. The highest BCUT2D eigenvalue weighted by Gasteiger charge is 2.15. The van der Waals surface area contributed by atoms with E-state index in [1.165, 1.54) is 0 Å². The van der Waals surface area contributed by atoms with Crippen molar-refractivity contribution in [3.8, 4) is 17.1 Å². The summed E-state index contributed by atoms with van der Waals surface area (Å²) >= 11 is 0. The minimum Gasteiger partial charge on any atom is -0.481 e. The summed E-state index contributed by atoms with van der Waals surface area (Å²) in [6.07, 6.45) is 4.10. The second-order valence-electron chi connectivity index (χ2n) is 7.68. The van der Waals surface area contributed by atoms with Gasteiger partial charge in [-0.25, -0.2) is 9.97 Å². The first-order chi connectivity index (χ1) is 16.5. The minimum absolute atomic E-state index is 0.0375. The molecule has 3 aromatic heterocycles. The third-order valence-electron chi connectivity index (χ3n) is 4.98. The van der Waals surface area contributed by atoms with E-state index in [-0.39, 0.29) is 36.5 Å². The zero-order chi connectivity index (χ0) is 24.5. The zero-order valence-corrected chi connectivity index (χ0v) is 19.6. The Balaban J connectivity index is 1.95. The second kappa shape index (κ2) is 12.1. The van der Waals surface area contributed by atoms with Gasteiger partial charge in [0.1, 0.15) is 5.52 Å². The lowest BCUT2D eigenvalue weighted by molar-refractivity contribution is -0.120. The number of aliphatic hydroxyl groups excluding tert-OH is 1. The topological polar surface area (TPSA) is 140 Å². The number of rotatable bonds is 12. The van der Waals surface area contributed by atoms with E-state index in [1.807, 2.05) is 13.0 Å². The molecule has 0 aliphatic heterocycles. The van der Waals surface area contributed by atoms with Gasteiger partial charge in [-0.1, -0.05) is 6.92 Å². The summed E-state index contributed by atoms with van der Waals surface area (Å²) in [6.45, 7) is 4.61. The van der Waals surface area contributed by atoms with Crippen molar-refractivity contribution in [2.75, 3.05) is 38.8 Å². The van der Waals surface area contributed by atoms with E-state index in [0.717, 1.165) is 12.0 Å². The van der Waals surface area contributed by atoms with Crippen molar-refractivity contribution in [3.63, 3.8) is 0 Å². The molecule has 3 aromatic rings. The molecule has 0 saturated carbocycles. The maximum absolute atomic E-state index is 13.2. The Labute approximate surface area is 197 Å². The number of nitrogens with one attached hydrogen (secondary N) is 2. The Morgan fingerprint density at radius 3 is 2.74 bits per heavy atom. The van der Waals surface area contributed by atoms with Gasteiger partial charge in [-0.2, -0.15) is 0 Å². The quantitative estimate of drug-likeness (QED) is 0.333. The number of fused-ring (bicyclic) bond motifs is 1. The van der Waals surface area contributed by atoms with Gasteiger partial charge in [-0.05, 0) is 25.5 Å². The summed E-state index contributed by atoms with van der Waals surface area (Å²) in [6, 6.07) is 4.97. The van der Waals surface area contributed by atoms with E-state index in [4.69, 9.17) is 14.6 Å². The smallest absolute Gasteiger partial charge is 0.293 e. The Morgan fingerprint density at radius 1 is 1.24 bits per heavy atom. The molecule has 11 heteroatoms. The van der Waals surface area contributed by atoms with Gasteiger partial charge in [0.2, 0.25) is 11.8 Å². The molecule has 3 N–H and O–H groups in total. The molecule has 182 valence electrons. The Hall–Kier alpha value is -3.57. The number of aliphatic hydroxyl groups is 1. The van der Waals surface area contributed by atoms with Crippen molar-refractivity contribution in [2.45, 2.75) is 32.9 Å². The first-order valence-electron chi connectivity index (χ1n) is 11.1. The molecule has 1 atom stereocenters. The van der Waals surface area contributed by atoms with Crippen molar-refractivity contribution < 1.29 is 19.4 Å². The molecule has 0 bridgehead atoms. The molecule has 3 rings (SSSR count). The average molecular weight is 471 g/mol. The number of anilines is 1. The summed E-state index contributed by atoms with van der Waals surface area (Å²) in [4.78, 5) is 38.4. The van der Waals surface area contributed by atoms with Gasteiger partial charge < -0.3 is 29.8 Å². The zero-order valence-electron chi connectivity index (χ0n) is 19.6. The first-order valence-corrected chi connectivity index (χ1v) is 11.1. The highest BCUT2D eigenvalue weighted by molar-refractivity contribution is 5.82. The molecule has 0 aromatic carbocycles. The number of hydrogen-bond donors (Lipinski definition) is 3. The van der Waals surface area contributed by atoms with E-state index >= 15 is 0 Å². The number of carbonyl (C=O) groups excluding carboxylic acids is 1. The summed E-state index contributed by atoms with van der Waals surface area (Å²) in [5.74, 6) is 0.168. The van der Waals surface area contributed by atoms with Crippen LogP contribution in [0.15, 0.2) is 35.4 Å². The van der Waals surface area contributed by atoms with Gasteiger partial charge in [-0.3, -0.25) is 14.6 Å². The number of aromatic nitrogens is 4. The molecular weight excluding hydrogens is 440 g/mol. The van der Waals surface area contributed by atoms with E-state index in [9.17, 15) is 9.59 Å². The van der Waals surface area contributed by atoms with Gasteiger partial charge in [-0.15, -0.1) is 0 Å². The third kappa shape index (κ3) is 6.27. The monoisotopic (exact) mass is 470 g/mol. The SMILES string of the molecule is CCCOCCn1c(=O)c(NCC(=O)N[C@H](C)CO)nc2cnc(-c3ccc(OC)nc3)cc21. The van der Waals surface area contributed by atoms with Crippen molar-refractivity contribution in [1.82, 2.24) is 24.8 Å². The maximum Gasteiger partial charge on any atom is 0.293 e. The molecule has 0 unspecified atom stereocenters. The fourth-order valence-corrected chi connectivity index (χ4v) is 3.23. The lowest BCUT2D eigenvalue weighted by Gasteiger charge is -2.15. The Morgan fingerprint density at radius 2 is 2.06 bits per heavy atom. The van der Waals surface area contributed by atoms with Crippen LogP contribution in [-0.2, 0) is 16.1 Å². The van der Waals surface area contributed by atoms with Crippen LogP contribution < -0.4 is 20.9 Å². The lowest BCUT2D eigenvalue weighted by atomic mass is 10.2. The predicted octanol–water partition coefficient (Wildman–Crippen LogP) is 1.20. The highest BCUT2D eigenvalue weighted by Crippen LogP contribution is 2.22. The largest absolute Gasteiger partial charge is 0.481 e. The lowest BCUT2D eigenvalue weighted by Crippen LogP contribution is -2.39. The van der Waals surface area contributed by atoms with Crippen molar-refractivity contribution in [1.29, 1.82) is 0 Å². The predicted molar refractivity (Wildman–Crippen MR) is 128 cm³/mol. The van der Waals surface area contributed by atoms with Gasteiger partial charge in [0.25, 0.3) is 5.56 Å². The van der Waals surface area contributed by atoms with Crippen LogP contribution in [0.2, 0.25) is 0 Å². The highest BCUT2D eigenvalue weighted by atomic mass is 16.5. The molecule has 11 nitrogen and oxygen atoms in total. The molecule has 0 radical (unpaired) electrons. The summed E-state index contributed by atoms with van der Waals surface area (Å²) in [7, 11) is 1.55. The van der Waals surface area contributed by atoms with Gasteiger partial charge in [0.05, 0.1) is 44.3 Å². The molecule has 34 heavy (non-hydrogen) atoms. The molecule has 1 amide bonds. The van der Waals surface area contributed by atoms with Gasteiger partial charge in [0.15, 0.2) is 5.82 Å². The van der Waals surface area contributed by atoms with Crippen LogP contribution in [0, 0.1) is 0 Å². The van der Waals surface area contributed by atoms with Crippen LogP contribution in [0.4, 0.5) is 5.82 Å². The minimum atomic E-state index is -0.388. The molecule has 0 aliphatic rings. The Bertz CT molecular complexity index is 1160. The standard InChI is InChI=1S/C23H30N6O5/c1-4-8-34-9-7-29-19-10-17(16-5-6-21(33-3)25-11-16)24-12-18(19)28-22(23(29)32)26-13-20(31)27-15(2)14-30/h5-6,10-12,15,30H,4,7-9,13-14H2,1-3H3,(H,26,28)(H,27,31)/t15-/m1/s1. The molecule has 0 saturated heterocycles. The van der Waals surface area contributed by atoms with Crippen LogP contribution in [0.1, 0.15) is 20.3 Å². The van der Waals surface area contributed by atoms with Crippen LogP contribution in [0.5, 0.6) is 5.88 Å². The molecule has 3 heterocycles. The fraction of sp³-hybridized carbons (Fsp3) is 0.435. The average Bonchev–Trinajstić information content (AvgIpc) is 2.86. The normalized spacial score (nSPS) is 11.9. The van der Waals surface area contributed by atoms with Crippen LogP contribution in [-0.4, -0.2) is 70.0 Å². The number of methoxy groups -OCH3 is 1. The number of ether oxygens (including phenoxy) is 2. The summed E-state index contributed by atoms with van der Waals surface area (Å²) < 4.78 is 12.3. The maximum atomic E-state index is 13.2. The van der Waals surface area contributed by atoms with E-state index in [0.29, 0.717) is 42.4 Å². The number of carbonyl (C=O) groups is 1. The number of pyridine rings is 2. The van der Waals surface area contributed by atoms with Gasteiger partial charge in [0, 0.05) is 37.0 Å². The number of amides is 1. The Kier molecular flexibility index (Phi) is 8.88. The van der Waals surface area contributed by atoms with E-state index in [1.54, 1.807) is 43.1 Å². The van der Waals surface area contributed by atoms with E-state index in [2.05, 4.69) is 25.6 Å². The number of hydrogen-bond acceptors (Lipinski definition) is 9. The van der Waals surface area contributed by atoms with Gasteiger partial charge >= 0.3 is 0 Å². The molecule has 0 spiro atoms. The fourth-order valence-electron chi connectivity index (χ4n) is 3.23. The third-order valence-corrected chi connectivity index (χ3v) is 4.98.